The van der Waals surface area contributed by atoms with Crippen molar-refractivity contribution in [3.8, 4) is 12.1 Å². The minimum Gasteiger partial charge on any atom is -0.469 e. The van der Waals surface area contributed by atoms with Crippen LogP contribution in [0.15, 0.2) is 23.3 Å². The third kappa shape index (κ3) is 4.55. The summed E-state index contributed by atoms with van der Waals surface area (Å²) in [6, 6.07) is 4.91. The lowest BCUT2D eigenvalue weighted by molar-refractivity contribution is -0.165. The zero-order valence-corrected chi connectivity index (χ0v) is 24.4. The molecule has 0 aromatic heterocycles. The number of hydrogen-bond acceptors (Lipinski definition) is 5. The summed E-state index contributed by atoms with van der Waals surface area (Å²) in [4.78, 5) is 26.4. The molecule has 0 saturated heterocycles. The number of ether oxygens (including phenoxy) is 1. The maximum absolute atomic E-state index is 13.4. The van der Waals surface area contributed by atoms with E-state index in [1.54, 1.807) is 0 Å². The summed E-state index contributed by atoms with van der Waals surface area (Å²) in [6.45, 7) is 11.0. The highest BCUT2D eigenvalue weighted by atomic mass is 16.5. The van der Waals surface area contributed by atoms with Crippen LogP contribution in [0.2, 0.25) is 0 Å². The van der Waals surface area contributed by atoms with Crippen molar-refractivity contribution in [1.29, 1.82) is 10.5 Å². The second-order valence-electron chi connectivity index (χ2n) is 14.0. The molecule has 4 aliphatic carbocycles. The van der Waals surface area contributed by atoms with Gasteiger partial charge in [-0.2, -0.15) is 10.5 Å². The Balaban J connectivity index is 1.79. The molecule has 0 heterocycles. The predicted octanol–water partition coefficient (Wildman–Crippen LogP) is 7.48. The Hall–Kier alpha value is -2.40. The molecule has 0 radical (unpaired) electrons. The van der Waals surface area contributed by atoms with Gasteiger partial charge in [0, 0.05) is 11.3 Å². The van der Waals surface area contributed by atoms with Gasteiger partial charge in [0.1, 0.15) is 6.07 Å². The van der Waals surface area contributed by atoms with E-state index >= 15 is 0 Å². The first-order valence-electron chi connectivity index (χ1n) is 14.7. The van der Waals surface area contributed by atoms with Crippen molar-refractivity contribution in [3.63, 3.8) is 0 Å². The molecule has 206 valence electrons. The molecule has 38 heavy (non-hydrogen) atoms. The molecular weight excluding hydrogens is 472 g/mol. The molecule has 0 bridgehead atoms. The number of hydrogen-bond donors (Lipinski definition) is 0. The van der Waals surface area contributed by atoms with Crippen LogP contribution in [-0.2, 0) is 14.3 Å². The van der Waals surface area contributed by atoms with Gasteiger partial charge in [-0.3, -0.25) is 9.59 Å². The first-order valence-corrected chi connectivity index (χ1v) is 14.7. The summed E-state index contributed by atoms with van der Waals surface area (Å²) in [5.74, 6) is 0.102. The quantitative estimate of drug-likeness (QED) is 0.265. The molecule has 0 aromatic carbocycles. The summed E-state index contributed by atoms with van der Waals surface area (Å²) in [6.07, 6.45) is 14.1. The Morgan fingerprint density at radius 1 is 1.03 bits per heavy atom. The van der Waals surface area contributed by atoms with Gasteiger partial charge in [-0.15, -0.1) is 0 Å². The Morgan fingerprint density at radius 2 is 1.74 bits per heavy atom. The van der Waals surface area contributed by atoms with Crippen molar-refractivity contribution in [2.45, 2.75) is 105 Å². The minimum atomic E-state index is -0.631. The lowest BCUT2D eigenvalue weighted by Gasteiger charge is -2.59. The molecule has 4 aliphatic rings. The monoisotopic (exact) mass is 518 g/mol. The van der Waals surface area contributed by atoms with E-state index in [9.17, 15) is 20.1 Å². The van der Waals surface area contributed by atoms with Crippen LogP contribution in [0.3, 0.4) is 0 Å². The number of nitriles is 2. The molecule has 1 unspecified atom stereocenters. The van der Waals surface area contributed by atoms with Crippen LogP contribution in [-0.4, -0.2) is 18.9 Å². The van der Waals surface area contributed by atoms with Crippen LogP contribution >= 0.6 is 0 Å². The second-order valence-corrected chi connectivity index (χ2v) is 14.0. The van der Waals surface area contributed by atoms with E-state index in [1.807, 2.05) is 13.0 Å². The number of rotatable bonds is 1. The van der Waals surface area contributed by atoms with Crippen molar-refractivity contribution in [2.24, 2.45) is 45.3 Å². The van der Waals surface area contributed by atoms with Crippen LogP contribution in [0.4, 0.5) is 0 Å². The lowest BCUT2D eigenvalue weighted by atomic mass is 9.43. The van der Waals surface area contributed by atoms with Crippen molar-refractivity contribution in [2.75, 3.05) is 7.11 Å². The molecule has 5 heteroatoms. The average Bonchev–Trinajstić information content (AvgIpc) is 2.89. The number of fused-ring (bicyclic) bond motifs is 4. The summed E-state index contributed by atoms with van der Waals surface area (Å²) < 4.78 is 5.45. The van der Waals surface area contributed by atoms with E-state index in [4.69, 9.17) is 4.74 Å². The highest BCUT2D eigenvalue weighted by Gasteiger charge is 2.62. The second kappa shape index (κ2) is 10.3. The Labute approximate surface area is 229 Å². The maximum Gasteiger partial charge on any atom is 0.312 e. The molecule has 0 aromatic rings. The van der Waals surface area contributed by atoms with E-state index in [-0.39, 0.29) is 46.3 Å². The van der Waals surface area contributed by atoms with Gasteiger partial charge in [0.05, 0.1) is 29.6 Å². The largest absolute Gasteiger partial charge is 0.469 e. The van der Waals surface area contributed by atoms with E-state index in [0.29, 0.717) is 12.0 Å². The molecule has 0 N–H and O–H groups in total. The molecule has 2 saturated carbocycles. The molecule has 4 rings (SSSR count). The number of carbonyl (C=O) groups is 2. The number of carbonyl (C=O) groups excluding carboxylic acids is 2. The number of allylic oxidation sites excluding steroid dienone is 4. The van der Waals surface area contributed by atoms with Gasteiger partial charge in [-0.05, 0) is 94.3 Å². The van der Waals surface area contributed by atoms with Crippen molar-refractivity contribution in [1.82, 2.24) is 0 Å². The summed E-state index contributed by atoms with van der Waals surface area (Å²) in [5, 5.41) is 20.3. The smallest absolute Gasteiger partial charge is 0.312 e. The average molecular weight is 519 g/mol. The predicted molar refractivity (Wildman–Crippen MR) is 147 cm³/mol. The Kier molecular flexibility index (Phi) is 7.75. The van der Waals surface area contributed by atoms with Gasteiger partial charge in [0.25, 0.3) is 0 Å². The first kappa shape index (κ1) is 28.6. The van der Waals surface area contributed by atoms with Crippen LogP contribution in [0.25, 0.3) is 0 Å². The zero-order valence-electron chi connectivity index (χ0n) is 24.4. The molecule has 5 nitrogen and oxygen atoms in total. The van der Waals surface area contributed by atoms with E-state index in [1.165, 1.54) is 12.7 Å². The van der Waals surface area contributed by atoms with E-state index in [0.717, 1.165) is 64.2 Å². The van der Waals surface area contributed by atoms with Gasteiger partial charge in [0.15, 0.2) is 5.78 Å². The lowest BCUT2D eigenvalue weighted by Crippen LogP contribution is -2.55. The number of methoxy groups -OCH3 is 1. The third-order valence-corrected chi connectivity index (χ3v) is 11.5. The Morgan fingerprint density at radius 3 is 2.39 bits per heavy atom. The molecule has 0 aliphatic heterocycles. The van der Waals surface area contributed by atoms with Crippen LogP contribution in [0.5, 0.6) is 0 Å². The maximum atomic E-state index is 13.4. The van der Waals surface area contributed by atoms with Gasteiger partial charge in [0.2, 0.25) is 0 Å². The van der Waals surface area contributed by atoms with Crippen molar-refractivity contribution in [3.05, 3.63) is 23.3 Å². The Bertz CT molecular complexity index is 1120. The topological polar surface area (TPSA) is 90.9 Å². The molecular formula is C33H46N2O3. The standard InChI is InChI=1S/C33H46N2O3/c1-22-25-12-13-31(4,21-35)32(5)15-17-33(29(37)38-6)16-14-30(2,3)19-27(33)26(32)11-9-7-8-10-23(25)18-24(20-34)28(22)36/h11,18,22-23,25,27H,7-10,12-17,19H2,1-6H3/b26-11-/t22-,23+,25-,27?,31+,32+,33-/m0/s1. The van der Waals surface area contributed by atoms with Gasteiger partial charge >= 0.3 is 5.97 Å². The van der Waals surface area contributed by atoms with Crippen LogP contribution in [0.1, 0.15) is 105 Å². The van der Waals surface area contributed by atoms with E-state index < -0.39 is 10.8 Å². The molecule has 7 atom stereocenters. The third-order valence-electron chi connectivity index (χ3n) is 11.5. The van der Waals surface area contributed by atoms with E-state index in [2.05, 4.69) is 45.9 Å². The van der Waals surface area contributed by atoms with Crippen LogP contribution in [0, 0.1) is 68.0 Å². The highest BCUT2D eigenvalue weighted by Crippen LogP contribution is 2.66. The minimum absolute atomic E-state index is 0.0451. The molecule has 2 fully saturated rings. The fourth-order valence-corrected chi connectivity index (χ4v) is 8.58. The van der Waals surface area contributed by atoms with Crippen molar-refractivity contribution >= 4 is 11.8 Å². The van der Waals surface area contributed by atoms with Crippen LogP contribution < -0.4 is 0 Å². The molecule has 0 amide bonds. The SMILES string of the molecule is COC(=O)[C@]12CCC(C)(C)CC1/C1=C/CCCC[C@@H]3C=C(C#N)C(=O)[C@@H](C)[C@@H]3CC[C@](C)(C#N)[C@]1(C)CC2. The summed E-state index contributed by atoms with van der Waals surface area (Å²) in [5.41, 5.74) is 0.258. The number of Topliss-reactive ketones (excluding diaryl/α,β-unsaturated/α-hetero) is 1. The normalized spacial score (nSPS) is 42.6. The van der Waals surface area contributed by atoms with Gasteiger partial charge < -0.3 is 4.74 Å². The number of esters is 1. The summed E-state index contributed by atoms with van der Waals surface area (Å²) in [7, 11) is 1.52. The fourth-order valence-electron chi connectivity index (χ4n) is 8.58. The van der Waals surface area contributed by atoms with Gasteiger partial charge in [-0.25, -0.2) is 0 Å². The zero-order chi connectivity index (χ0) is 27.9. The molecule has 0 spiro atoms. The highest BCUT2D eigenvalue weighted by molar-refractivity contribution is 6.01. The van der Waals surface area contributed by atoms with Crippen molar-refractivity contribution < 1.29 is 14.3 Å². The first-order chi connectivity index (χ1) is 17.9. The number of nitrogens with zero attached hydrogens (tertiary/aromatic N) is 2. The number of ketones is 1. The van der Waals surface area contributed by atoms with Gasteiger partial charge in [-0.1, -0.05) is 51.8 Å². The summed E-state index contributed by atoms with van der Waals surface area (Å²) >= 11 is 0. The fraction of sp³-hybridized carbons (Fsp3) is 0.758.